The first kappa shape index (κ1) is 20.2. The summed E-state index contributed by atoms with van der Waals surface area (Å²) >= 11 is 0. The Labute approximate surface area is 177 Å². The molecule has 2 N–H and O–H groups in total. The van der Waals surface area contributed by atoms with Crippen LogP contribution in [0.2, 0.25) is 0 Å². The Balaban J connectivity index is 1.23. The van der Waals surface area contributed by atoms with Crippen LogP contribution < -0.4 is 10.1 Å². The first-order chi connectivity index (χ1) is 14.7. The van der Waals surface area contributed by atoms with Gasteiger partial charge in [-0.15, -0.1) is 0 Å². The van der Waals surface area contributed by atoms with Gasteiger partial charge in [0, 0.05) is 31.6 Å². The smallest absolute Gasteiger partial charge is 0.225 e. The third-order valence-corrected chi connectivity index (χ3v) is 5.36. The number of aromatic amines is 1. The van der Waals surface area contributed by atoms with Crippen molar-refractivity contribution in [3.8, 4) is 5.75 Å². The Morgan fingerprint density at radius 2 is 1.97 bits per heavy atom. The maximum Gasteiger partial charge on any atom is 0.225 e. The summed E-state index contributed by atoms with van der Waals surface area (Å²) in [7, 11) is 0. The number of hydrogen-bond acceptors (Lipinski definition) is 4. The minimum atomic E-state index is -0.0245. The molecule has 6 heteroatoms. The maximum atomic E-state index is 12.3. The van der Waals surface area contributed by atoms with Crippen molar-refractivity contribution in [3.05, 3.63) is 77.0 Å². The third-order valence-electron chi connectivity index (χ3n) is 5.36. The van der Waals surface area contributed by atoms with Gasteiger partial charge in [0.25, 0.3) is 0 Å². The molecule has 2 aromatic carbocycles. The highest BCUT2D eigenvalue weighted by Crippen LogP contribution is 2.25. The number of carbonyl (C=O) groups is 1. The molecule has 0 radical (unpaired) electrons. The van der Waals surface area contributed by atoms with Gasteiger partial charge in [0.05, 0.1) is 12.3 Å². The largest absolute Gasteiger partial charge is 0.494 e. The first-order valence-corrected chi connectivity index (χ1v) is 10.5. The van der Waals surface area contributed by atoms with Gasteiger partial charge in [-0.05, 0) is 37.5 Å². The van der Waals surface area contributed by atoms with Gasteiger partial charge < -0.3 is 10.1 Å². The predicted molar refractivity (Wildman–Crippen MR) is 117 cm³/mol. The average molecular weight is 405 g/mol. The van der Waals surface area contributed by atoms with Gasteiger partial charge in [-0.25, -0.2) is 0 Å². The van der Waals surface area contributed by atoms with E-state index in [0.717, 1.165) is 43.1 Å². The molecular weight excluding hydrogens is 376 g/mol. The summed E-state index contributed by atoms with van der Waals surface area (Å²) in [5.41, 5.74) is 4.73. The quantitative estimate of drug-likeness (QED) is 0.555. The summed E-state index contributed by atoms with van der Waals surface area (Å²) < 4.78 is 5.69. The van der Waals surface area contributed by atoms with Crippen LogP contribution in [0.3, 0.4) is 0 Å². The number of rotatable bonds is 8. The summed E-state index contributed by atoms with van der Waals surface area (Å²) in [6.45, 7) is 5.25. The van der Waals surface area contributed by atoms with Gasteiger partial charge in [-0.2, -0.15) is 5.10 Å². The molecule has 0 atom stereocenters. The lowest BCUT2D eigenvalue weighted by atomic mass is 10.1. The lowest BCUT2D eigenvalue weighted by Gasteiger charge is -2.26. The zero-order valence-electron chi connectivity index (χ0n) is 17.4. The van der Waals surface area contributed by atoms with Crippen LogP contribution in [0.1, 0.15) is 35.2 Å². The monoisotopic (exact) mass is 404 g/mol. The molecule has 1 aromatic heterocycles. The van der Waals surface area contributed by atoms with Crippen molar-refractivity contribution in [2.45, 2.75) is 39.3 Å². The Kier molecular flexibility index (Phi) is 6.44. The Morgan fingerprint density at radius 3 is 2.77 bits per heavy atom. The average Bonchev–Trinajstić information content (AvgIpc) is 3.15. The normalized spacial score (nSPS) is 13.6. The Bertz CT molecular complexity index is 967. The summed E-state index contributed by atoms with van der Waals surface area (Å²) in [5, 5.41) is 10.4. The van der Waals surface area contributed by atoms with Gasteiger partial charge in [-0.1, -0.05) is 48.0 Å². The number of amides is 1. The molecule has 0 bridgehead atoms. The molecule has 0 aliphatic carbocycles. The highest BCUT2D eigenvalue weighted by Gasteiger charge is 2.22. The van der Waals surface area contributed by atoms with Crippen LogP contribution in [0, 0.1) is 6.92 Å². The van der Waals surface area contributed by atoms with E-state index in [1.807, 2.05) is 37.3 Å². The highest BCUT2D eigenvalue weighted by atomic mass is 16.5. The molecule has 156 valence electrons. The number of benzene rings is 2. The molecule has 4 rings (SSSR count). The number of carbonyl (C=O) groups excluding carboxylic acids is 1. The zero-order chi connectivity index (χ0) is 20.8. The predicted octanol–water partition coefficient (Wildman–Crippen LogP) is 4.07. The number of H-pyrrole nitrogens is 1. The number of fused-ring (bicyclic) bond motifs is 1. The van der Waals surface area contributed by atoms with E-state index >= 15 is 0 Å². The zero-order valence-corrected chi connectivity index (χ0v) is 17.4. The molecule has 6 nitrogen and oxygen atoms in total. The van der Waals surface area contributed by atoms with Crippen molar-refractivity contribution in [3.63, 3.8) is 0 Å². The second-order valence-corrected chi connectivity index (χ2v) is 7.79. The van der Waals surface area contributed by atoms with Crippen LogP contribution in [-0.4, -0.2) is 34.2 Å². The van der Waals surface area contributed by atoms with Crippen LogP contribution in [-0.2, 0) is 24.3 Å². The number of nitrogens with one attached hydrogen (secondary N) is 2. The Hall–Kier alpha value is -3.12. The van der Waals surface area contributed by atoms with E-state index in [9.17, 15) is 4.79 Å². The van der Waals surface area contributed by atoms with E-state index in [2.05, 4.69) is 44.7 Å². The summed E-state index contributed by atoms with van der Waals surface area (Å²) in [6.07, 6.45) is 1.95. The van der Waals surface area contributed by atoms with Gasteiger partial charge in [-0.3, -0.25) is 14.8 Å². The van der Waals surface area contributed by atoms with Crippen molar-refractivity contribution in [1.29, 1.82) is 0 Å². The summed E-state index contributed by atoms with van der Waals surface area (Å²) in [5.74, 6) is 1.49. The standard InChI is InChI=1S/C24H28N4O2/c1-18-9-11-20(12-10-18)30-15-5-8-23(29)25-24-21-13-14-28(17-22(21)26-27-24)16-19-6-3-2-4-7-19/h2-4,6-7,9-12H,5,8,13-17H2,1H3,(H2,25,26,27,29). The molecule has 0 unspecified atom stereocenters. The molecule has 1 amide bonds. The number of ether oxygens (including phenoxy) is 1. The summed E-state index contributed by atoms with van der Waals surface area (Å²) in [4.78, 5) is 14.7. The SMILES string of the molecule is Cc1ccc(OCCCC(=O)Nc2n[nH]c3c2CCN(Cc2ccccc2)C3)cc1. The molecule has 3 aromatic rings. The fourth-order valence-electron chi connectivity index (χ4n) is 3.71. The molecule has 0 saturated heterocycles. The number of nitrogens with zero attached hydrogens (tertiary/aromatic N) is 2. The molecule has 0 fully saturated rings. The second kappa shape index (κ2) is 9.59. The van der Waals surface area contributed by atoms with E-state index in [1.165, 1.54) is 11.1 Å². The molecular formula is C24H28N4O2. The van der Waals surface area contributed by atoms with Crippen molar-refractivity contribution < 1.29 is 9.53 Å². The van der Waals surface area contributed by atoms with Crippen LogP contribution in [0.25, 0.3) is 0 Å². The second-order valence-electron chi connectivity index (χ2n) is 7.79. The van der Waals surface area contributed by atoms with Crippen molar-refractivity contribution in [2.75, 3.05) is 18.5 Å². The van der Waals surface area contributed by atoms with Crippen molar-refractivity contribution in [2.24, 2.45) is 0 Å². The molecule has 2 heterocycles. The highest BCUT2D eigenvalue weighted by molar-refractivity contribution is 5.90. The number of anilines is 1. The van der Waals surface area contributed by atoms with Crippen LogP contribution >= 0.6 is 0 Å². The van der Waals surface area contributed by atoms with Gasteiger partial charge >= 0.3 is 0 Å². The van der Waals surface area contributed by atoms with Crippen molar-refractivity contribution in [1.82, 2.24) is 15.1 Å². The number of aromatic nitrogens is 2. The van der Waals surface area contributed by atoms with Gasteiger partial charge in [0.2, 0.25) is 5.91 Å². The lowest BCUT2D eigenvalue weighted by molar-refractivity contribution is -0.116. The lowest BCUT2D eigenvalue weighted by Crippen LogP contribution is -2.30. The Morgan fingerprint density at radius 1 is 1.17 bits per heavy atom. The molecule has 0 saturated carbocycles. The minimum absolute atomic E-state index is 0.0245. The van der Waals surface area contributed by atoms with Crippen LogP contribution in [0.4, 0.5) is 5.82 Å². The van der Waals surface area contributed by atoms with E-state index in [4.69, 9.17) is 4.74 Å². The molecule has 0 spiro atoms. The first-order valence-electron chi connectivity index (χ1n) is 10.5. The van der Waals surface area contributed by atoms with Crippen molar-refractivity contribution >= 4 is 11.7 Å². The number of hydrogen-bond donors (Lipinski definition) is 2. The van der Waals surface area contributed by atoms with Crippen LogP contribution in [0.5, 0.6) is 5.75 Å². The maximum absolute atomic E-state index is 12.3. The third kappa shape index (κ3) is 5.27. The molecule has 30 heavy (non-hydrogen) atoms. The van der Waals surface area contributed by atoms with E-state index in [1.54, 1.807) is 0 Å². The van der Waals surface area contributed by atoms with Gasteiger partial charge in [0.15, 0.2) is 5.82 Å². The van der Waals surface area contributed by atoms with E-state index < -0.39 is 0 Å². The molecule has 1 aliphatic heterocycles. The summed E-state index contributed by atoms with van der Waals surface area (Å²) in [6, 6.07) is 18.4. The topological polar surface area (TPSA) is 70.2 Å². The fourth-order valence-corrected chi connectivity index (χ4v) is 3.71. The van der Waals surface area contributed by atoms with E-state index in [0.29, 0.717) is 25.3 Å². The van der Waals surface area contributed by atoms with Crippen LogP contribution in [0.15, 0.2) is 54.6 Å². The van der Waals surface area contributed by atoms with E-state index in [-0.39, 0.29) is 5.91 Å². The van der Waals surface area contributed by atoms with Gasteiger partial charge in [0.1, 0.15) is 5.75 Å². The minimum Gasteiger partial charge on any atom is -0.494 e. The number of aryl methyl sites for hydroxylation is 1. The fraction of sp³-hybridized carbons (Fsp3) is 0.333. The molecule has 1 aliphatic rings.